The molecule has 0 heterocycles. The monoisotopic (exact) mass is 178 g/mol. The number of rotatable bonds is 2. The Morgan fingerprint density at radius 2 is 2.15 bits per heavy atom. The molecule has 0 N–H and O–H groups in total. The fourth-order valence-corrected chi connectivity index (χ4v) is 1.88. The maximum absolute atomic E-state index is 12.1. The number of benzene rings is 1. The van der Waals surface area contributed by atoms with Gasteiger partial charge in [-0.15, -0.1) is 0 Å². The summed E-state index contributed by atoms with van der Waals surface area (Å²) < 4.78 is 12.1. The highest BCUT2D eigenvalue weighted by atomic mass is 19.1. The maximum Gasteiger partial charge on any atom is 0.166 e. The molecule has 68 valence electrons. The maximum atomic E-state index is 12.1. The van der Waals surface area contributed by atoms with E-state index in [2.05, 4.69) is 0 Å². The molecule has 1 unspecified atom stereocenters. The lowest BCUT2D eigenvalue weighted by molar-refractivity contribution is 0.0925. The average Bonchev–Trinajstić information content (AvgIpc) is 2.46. The SMILES string of the molecule is O=C1c2ccccc2CC1CCF. The van der Waals surface area contributed by atoms with Crippen molar-refractivity contribution >= 4 is 5.78 Å². The Morgan fingerprint density at radius 3 is 2.85 bits per heavy atom. The smallest absolute Gasteiger partial charge is 0.166 e. The minimum Gasteiger partial charge on any atom is -0.294 e. The summed E-state index contributed by atoms with van der Waals surface area (Å²) in [4.78, 5) is 11.6. The number of carbonyl (C=O) groups is 1. The molecule has 13 heavy (non-hydrogen) atoms. The first-order valence-electron chi connectivity index (χ1n) is 4.51. The van der Waals surface area contributed by atoms with Crippen LogP contribution in [0.4, 0.5) is 4.39 Å². The van der Waals surface area contributed by atoms with E-state index in [4.69, 9.17) is 0 Å². The summed E-state index contributed by atoms with van der Waals surface area (Å²) in [7, 11) is 0. The van der Waals surface area contributed by atoms with Gasteiger partial charge >= 0.3 is 0 Å². The van der Waals surface area contributed by atoms with E-state index >= 15 is 0 Å². The summed E-state index contributed by atoms with van der Waals surface area (Å²) in [6, 6.07) is 7.56. The van der Waals surface area contributed by atoms with Gasteiger partial charge in [-0.1, -0.05) is 24.3 Å². The van der Waals surface area contributed by atoms with Crippen LogP contribution in [0.15, 0.2) is 24.3 Å². The quantitative estimate of drug-likeness (QED) is 0.679. The summed E-state index contributed by atoms with van der Waals surface area (Å²) >= 11 is 0. The molecule has 0 saturated heterocycles. The molecule has 2 heteroatoms. The van der Waals surface area contributed by atoms with Crippen LogP contribution in [0.25, 0.3) is 0 Å². The summed E-state index contributed by atoms with van der Waals surface area (Å²) in [5, 5.41) is 0. The van der Waals surface area contributed by atoms with Gasteiger partial charge in [0.2, 0.25) is 0 Å². The van der Waals surface area contributed by atoms with Gasteiger partial charge in [0.25, 0.3) is 0 Å². The van der Waals surface area contributed by atoms with Crippen molar-refractivity contribution in [3.63, 3.8) is 0 Å². The lowest BCUT2D eigenvalue weighted by Gasteiger charge is -2.01. The summed E-state index contributed by atoms with van der Waals surface area (Å²) in [5.74, 6) is 0.00986. The fourth-order valence-electron chi connectivity index (χ4n) is 1.88. The van der Waals surface area contributed by atoms with Crippen molar-refractivity contribution in [2.45, 2.75) is 12.8 Å². The molecule has 0 spiro atoms. The Hall–Kier alpha value is -1.18. The number of ketones is 1. The van der Waals surface area contributed by atoms with Gasteiger partial charge in [0.15, 0.2) is 5.78 Å². The Kier molecular flexibility index (Phi) is 2.13. The van der Waals surface area contributed by atoms with Gasteiger partial charge in [-0.3, -0.25) is 9.18 Å². The zero-order valence-corrected chi connectivity index (χ0v) is 7.29. The third kappa shape index (κ3) is 1.37. The Labute approximate surface area is 76.6 Å². The summed E-state index contributed by atoms with van der Waals surface area (Å²) in [5.41, 5.74) is 1.87. The van der Waals surface area contributed by atoms with Gasteiger partial charge in [0, 0.05) is 11.5 Å². The lowest BCUT2D eigenvalue weighted by atomic mass is 10.0. The predicted octanol–water partition coefficient (Wildman–Crippen LogP) is 2.40. The van der Waals surface area contributed by atoms with Crippen molar-refractivity contribution < 1.29 is 9.18 Å². The number of hydrogen-bond donors (Lipinski definition) is 0. The van der Waals surface area contributed by atoms with Crippen LogP contribution in [0.3, 0.4) is 0 Å². The van der Waals surface area contributed by atoms with E-state index in [1.54, 1.807) is 0 Å². The van der Waals surface area contributed by atoms with E-state index in [0.717, 1.165) is 17.5 Å². The average molecular weight is 178 g/mol. The number of Topliss-reactive ketones (excluding diaryl/α,β-unsaturated/α-hetero) is 1. The van der Waals surface area contributed by atoms with E-state index in [-0.39, 0.29) is 11.7 Å². The van der Waals surface area contributed by atoms with E-state index in [1.165, 1.54) is 0 Å². The molecule has 0 radical (unpaired) electrons. The largest absolute Gasteiger partial charge is 0.294 e. The Morgan fingerprint density at radius 1 is 1.38 bits per heavy atom. The lowest BCUT2D eigenvalue weighted by Crippen LogP contribution is -2.09. The molecule has 0 amide bonds. The second-order valence-electron chi connectivity index (χ2n) is 3.40. The van der Waals surface area contributed by atoms with Gasteiger partial charge in [-0.05, 0) is 18.4 Å². The normalized spacial score (nSPS) is 20.4. The summed E-state index contributed by atoms with van der Waals surface area (Å²) in [6.45, 7) is -0.398. The van der Waals surface area contributed by atoms with E-state index in [1.807, 2.05) is 24.3 Å². The molecule has 0 fully saturated rings. The van der Waals surface area contributed by atoms with Crippen molar-refractivity contribution in [2.75, 3.05) is 6.67 Å². The second-order valence-corrected chi connectivity index (χ2v) is 3.40. The first-order valence-corrected chi connectivity index (χ1v) is 4.51. The van der Waals surface area contributed by atoms with Gasteiger partial charge in [-0.25, -0.2) is 0 Å². The van der Waals surface area contributed by atoms with Crippen molar-refractivity contribution in [1.82, 2.24) is 0 Å². The van der Waals surface area contributed by atoms with Crippen molar-refractivity contribution in [2.24, 2.45) is 5.92 Å². The molecule has 2 rings (SSSR count). The molecule has 0 bridgehead atoms. The first kappa shape index (κ1) is 8.42. The summed E-state index contributed by atoms with van der Waals surface area (Å²) in [6.07, 6.45) is 1.09. The molecule has 0 saturated carbocycles. The molecular weight excluding hydrogens is 167 g/mol. The first-order chi connectivity index (χ1) is 6.33. The highest BCUT2D eigenvalue weighted by molar-refractivity contribution is 6.02. The van der Waals surface area contributed by atoms with Crippen molar-refractivity contribution in [3.8, 4) is 0 Å². The second kappa shape index (κ2) is 3.29. The molecule has 1 aliphatic rings. The zero-order chi connectivity index (χ0) is 9.26. The van der Waals surface area contributed by atoms with Crippen molar-refractivity contribution in [3.05, 3.63) is 35.4 Å². The number of halogens is 1. The van der Waals surface area contributed by atoms with Crippen LogP contribution >= 0.6 is 0 Å². The van der Waals surface area contributed by atoms with Crippen molar-refractivity contribution in [1.29, 1.82) is 0 Å². The van der Waals surface area contributed by atoms with Crippen LogP contribution in [0.2, 0.25) is 0 Å². The minimum absolute atomic E-state index is 0.109. The van der Waals surface area contributed by atoms with E-state index in [0.29, 0.717) is 6.42 Å². The van der Waals surface area contributed by atoms with Crippen LogP contribution in [0.5, 0.6) is 0 Å². The van der Waals surface area contributed by atoms with Gasteiger partial charge in [0.05, 0.1) is 6.67 Å². The highest BCUT2D eigenvalue weighted by Crippen LogP contribution is 2.28. The molecule has 1 atom stereocenters. The molecule has 0 aliphatic heterocycles. The Balaban J connectivity index is 2.28. The molecule has 0 aromatic heterocycles. The highest BCUT2D eigenvalue weighted by Gasteiger charge is 2.29. The molecule has 1 aromatic carbocycles. The topological polar surface area (TPSA) is 17.1 Å². The minimum atomic E-state index is -0.398. The van der Waals surface area contributed by atoms with E-state index < -0.39 is 6.67 Å². The molecule has 1 nitrogen and oxygen atoms in total. The third-order valence-electron chi connectivity index (χ3n) is 2.58. The van der Waals surface area contributed by atoms with Gasteiger partial charge in [0.1, 0.15) is 0 Å². The van der Waals surface area contributed by atoms with Crippen LogP contribution in [-0.4, -0.2) is 12.5 Å². The van der Waals surface area contributed by atoms with E-state index in [9.17, 15) is 9.18 Å². The predicted molar refractivity (Wildman–Crippen MR) is 48.6 cm³/mol. The standard InChI is InChI=1S/C11H11FO/c12-6-5-9-7-8-3-1-2-4-10(8)11(9)13/h1-4,9H,5-7H2. The zero-order valence-electron chi connectivity index (χ0n) is 7.29. The van der Waals surface area contributed by atoms with Crippen LogP contribution < -0.4 is 0 Å². The van der Waals surface area contributed by atoms with Crippen LogP contribution in [-0.2, 0) is 6.42 Å². The fraction of sp³-hybridized carbons (Fsp3) is 0.364. The number of fused-ring (bicyclic) bond motifs is 1. The molecule has 1 aromatic rings. The number of carbonyl (C=O) groups excluding carboxylic acids is 1. The number of alkyl halides is 1. The Bertz CT molecular complexity index is 333. The van der Waals surface area contributed by atoms with Crippen LogP contribution in [0.1, 0.15) is 22.3 Å². The molecule has 1 aliphatic carbocycles. The molecular formula is C11H11FO. The number of hydrogen-bond acceptors (Lipinski definition) is 1. The third-order valence-corrected chi connectivity index (χ3v) is 2.58. The van der Waals surface area contributed by atoms with Crippen LogP contribution in [0, 0.1) is 5.92 Å². The van der Waals surface area contributed by atoms with Gasteiger partial charge in [-0.2, -0.15) is 0 Å². The van der Waals surface area contributed by atoms with Gasteiger partial charge < -0.3 is 0 Å².